The molecule has 0 saturated heterocycles. The van der Waals surface area contributed by atoms with Gasteiger partial charge in [-0.3, -0.25) is 4.68 Å². The van der Waals surface area contributed by atoms with Crippen LogP contribution in [0.3, 0.4) is 0 Å². The minimum absolute atomic E-state index is 0.165. The second-order valence-electron chi connectivity index (χ2n) is 7.82. The lowest BCUT2D eigenvalue weighted by Gasteiger charge is -2.56. The Kier molecular flexibility index (Phi) is 3.35. The van der Waals surface area contributed by atoms with Gasteiger partial charge >= 0.3 is 5.97 Å². The SMILES string of the molecule is Cn1nc2c(c1C(=O)O)CC[C@H]1C(C)(C)C(O)C(C#N)C[C@]21C. The van der Waals surface area contributed by atoms with Crippen molar-refractivity contribution >= 4 is 5.97 Å². The van der Waals surface area contributed by atoms with E-state index in [-0.39, 0.29) is 17.0 Å². The average molecular weight is 317 g/mol. The third kappa shape index (κ3) is 1.96. The summed E-state index contributed by atoms with van der Waals surface area (Å²) < 4.78 is 1.44. The molecule has 1 saturated carbocycles. The van der Waals surface area contributed by atoms with E-state index in [1.54, 1.807) is 7.05 Å². The molecule has 2 aliphatic carbocycles. The molecule has 2 N–H and O–H groups in total. The van der Waals surface area contributed by atoms with Crippen LogP contribution in [-0.4, -0.2) is 32.1 Å². The number of nitriles is 1. The van der Waals surface area contributed by atoms with E-state index < -0.39 is 23.4 Å². The molecular weight excluding hydrogens is 294 g/mol. The first kappa shape index (κ1) is 16.0. The third-order valence-corrected chi connectivity index (χ3v) is 6.19. The molecule has 1 aromatic heterocycles. The Bertz CT molecular complexity index is 715. The number of hydrogen-bond donors (Lipinski definition) is 2. The van der Waals surface area contributed by atoms with Crippen molar-refractivity contribution in [2.75, 3.05) is 0 Å². The number of aliphatic hydroxyl groups is 1. The smallest absolute Gasteiger partial charge is 0.354 e. The number of fused-ring (bicyclic) bond motifs is 3. The monoisotopic (exact) mass is 317 g/mol. The largest absolute Gasteiger partial charge is 0.477 e. The molecule has 0 aliphatic heterocycles. The van der Waals surface area contributed by atoms with Crippen LogP contribution in [0.25, 0.3) is 0 Å². The third-order valence-electron chi connectivity index (χ3n) is 6.19. The summed E-state index contributed by atoms with van der Waals surface area (Å²) in [6, 6.07) is 2.24. The molecule has 4 atom stereocenters. The Hall–Kier alpha value is -1.87. The normalized spacial score (nSPS) is 35.0. The molecule has 0 aromatic carbocycles. The first-order valence-corrected chi connectivity index (χ1v) is 8.02. The van der Waals surface area contributed by atoms with Gasteiger partial charge in [-0.15, -0.1) is 0 Å². The van der Waals surface area contributed by atoms with Crippen LogP contribution in [0.2, 0.25) is 0 Å². The number of aromatic carboxylic acids is 1. The van der Waals surface area contributed by atoms with Gasteiger partial charge in [0.15, 0.2) is 0 Å². The maximum absolute atomic E-state index is 11.6. The molecule has 0 bridgehead atoms. The molecule has 1 aromatic rings. The van der Waals surface area contributed by atoms with Crippen LogP contribution in [0.15, 0.2) is 0 Å². The Morgan fingerprint density at radius 3 is 2.65 bits per heavy atom. The van der Waals surface area contributed by atoms with Gasteiger partial charge in [0.25, 0.3) is 0 Å². The van der Waals surface area contributed by atoms with E-state index in [2.05, 4.69) is 18.1 Å². The Balaban J connectivity index is 2.19. The maximum Gasteiger partial charge on any atom is 0.354 e. The van der Waals surface area contributed by atoms with Crippen LogP contribution in [0.4, 0.5) is 0 Å². The van der Waals surface area contributed by atoms with Gasteiger partial charge in [0, 0.05) is 18.0 Å². The fourth-order valence-corrected chi connectivity index (χ4v) is 5.14. The second kappa shape index (κ2) is 4.81. The quantitative estimate of drug-likeness (QED) is 0.823. The van der Waals surface area contributed by atoms with E-state index >= 15 is 0 Å². The summed E-state index contributed by atoms with van der Waals surface area (Å²) in [7, 11) is 1.66. The summed E-state index contributed by atoms with van der Waals surface area (Å²) in [5, 5.41) is 34.1. The minimum atomic E-state index is -0.963. The van der Waals surface area contributed by atoms with E-state index in [1.807, 2.05) is 13.8 Å². The van der Waals surface area contributed by atoms with Gasteiger partial charge < -0.3 is 10.2 Å². The topological polar surface area (TPSA) is 99.1 Å². The van der Waals surface area contributed by atoms with Crippen LogP contribution in [0.5, 0.6) is 0 Å². The molecule has 6 heteroatoms. The van der Waals surface area contributed by atoms with Crippen molar-refractivity contribution in [2.45, 2.75) is 51.6 Å². The van der Waals surface area contributed by atoms with Crippen LogP contribution in [0.1, 0.15) is 55.4 Å². The van der Waals surface area contributed by atoms with E-state index in [1.165, 1.54) is 4.68 Å². The van der Waals surface area contributed by atoms with E-state index in [0.29, 0.717) is 12.8 Å². The van der Waals surface area contributed by atoms with Gasteiger partial charge in [0.2, 0.25) is 0 Å². The van der Waals surface area contributed by atoms with Crippen molar-refractivity contribution in [1.29, 1.82) is 5.26 Å². The number of hydrogen-bond acceptors (Lipinski definition) is 4. The van der Waals surface area contributed by atoms with Gasteiger partial charge in [0.1, 0.15) is 5.69 Å². The summed E-state index contributed by atoms with van der Waals surface area (Å²) in [5.74, 6) is -1.26. The predicted molar refractivity (Wildman–Crippen MR) is 82.8 cm³/mol. The first-order chi connectivity index (χ1) is 10.6. The van der Waals surface area contributed by atoms with Crippen molar-refractivity contribution < 1.29 is 15.0 Å². The Morgan fingerprint density at radius 1 is 1.43 bits per heavy atom. The molecule has 0 spiro atoms. The van der Waals surface area contributed by atoms with Crippen molar-refractivity contribution in [1.82, 2.24) is 9.78 Å². The van der Waals surface area contributed by atoms with Crippen molar-refractivity contribution in [2.24, 2.45) is 24.3 Å². The predicted octanol–water partition coefficient (Wildman–Crippen LogP) is 1.87. The zero-order valence-corrected chi connectivity index (χ0v) is 14.0. The molecule has 3 rings (SSSR count). The molecular formula is C17H23N3O3. The maximum atomic E-state index is 11.6. The average Bonchev–Trinajstić information content (AvgIpc) is 2.80. The molecule has 6 nitrogen and oxygen atoms in total. The van der Waals surface area contributed by atoms with E-state index in [4.69, 9.17) is 0 Å². The fourth-order valence-electron chi connectivity index (χ4n) is 5.14. The lowest BCUT2D eigenvalue weighted by Crippen LogP contribution is -2.57. The van der Waals surface area contributed by atoms with E-state index in [9.17, 15) is 20.3 Å². The van der Waals surface area contributed by atoms with Crippen LogP contribution < -0.4 is 0 Å². The highest BCUT2D eigenvalue weighted by Crippen LogP contribution is 2.58. The molecule has 2 aliphatic rings. The number of nitrogens with zero attached hydrogens (tertiary/aromatic N) is 3. The summed E-state index contributed by atoms with van der Waals surface area (Å²) >= 11 is 0. The van der Waals surface area contributed by atoms with Gasteiger partial charge in [0.05, 0.1) is 23.8 Å². The molecule has 0 radical (unpaired) electrons. The number of aryl methyl sites for hydroxylation is 1. The molecule has 1 heterocycles. The fraction of sp³-hybridized carbons (Fsp3) is 0.706. The lowest BCUT2D eigenvalue weighted by molar-refractivity contribution is -0.0958. The van der Waals surface area contributed by atoms with Gasteiger partial charge in [-0.05, 0) is 30.6 Å². The highest BCUT2D eigenvalue weighted by atomic mass is 16.4. The zero-order valence-electron chi connectivity index (χ0n) is 14.0. The molecule has 23 heavy (non-hydrogen) atoms. The number of aromatic nitrogens is 2. The van der Waals surface area contributed by atoms with Gasteiger partial charge in [-0.25, -0.2) is 4.79 Å². The first-order valence-electron chi connectivity index (χ1n) is 8.02. The Morgan fingerprint density at radius 2 is 2.09 bits per heavy atom. The van der Waals surface area contributed by atoms with Crippen molar-refractivity contribution in [3.63, 3.8) is 0 Å². The zero-order chi connectivity index (χ0) is 17.2. The second-order valence-corrected chi connectivity index (χ2v) is 7.82. The highest BCUT2D eigenvalue weighted by molar-refractivity contribution is 5.88. The number of carboxylic acid groups (broad SMARTS) is 1. The molecule has 124 valence electrons. The number of rotatable bonds is 1. The van der Waals surface area contributed by atoms with Crippen LogP contribution in [0, 0.1) is 28.6 Å². The summed E-state index contributed by atoms with van der Waals surface area (Å²) in [5.41, 5.74) is 1.04. The van der Waals surface area contributed by atoms with Gasteiger partial charge in [-0.2, -0.15) is 10.4 Å². The number of carbonyl (C=O) groups is 1. The minimum Gasteiger partial charge on any atom is -0.477 e. The van der Waals surface area contributed by atoms with Crippen LogP contribution in [-0.2, 0) is 18.9 Å². The summed E-state index contributed by atoms with van der Waals surface area (Å²) in [4.78, 5) is 11.6. The molecule has 2 unspecified atom stereocenters. The lowest BCUT2D eigenvalue weighted by atomic mass is 9.48. The van der Waals surface area contributed by atoms with Crippen molar-refractivity contribution in [3.8, 4) is 6.07 Å². The standard InChI is InChI=1S/C17H23N3O3/c1-16(2)11-6-5-10-12(15(22)23)20(4)19-13(10)17(11,3)7-9(8-18)14(16)21/h9,11,14,21H,5-7H2,1-4H3,(H,22,23)/t9?,11-,14?,17-/m0/s1. The van der Waals surface area contributed by atoms with E-state index in [0.717, 1.165) is 17.7 Å². The Labute approximate surface area is 135 Å². The summed E-state index contributed by atoms with van der Waals surface area (Å²) in [6.45, 7) is 6.10. The number of carboxylic acids is 1. The van der Waals surface area contributed by atoms with Crippen molar-refractivity contribution in [3.05, 3.63) is 17.0 Å². The molecule has 0 amide bonds. The van der Waals surface area contributed by atoms with Crippen LogP contribution >= 0.6 is 0 Å². The number of aliphatic hydroxyl groups excluding tert-OH is 1. The van der Waals surface area contributed by atoms with Gasteiger partial charge in [-0.1, -0.05) is 20.8 Å². The molecule has 1 fully saturated rings. The summed E-state index contributed by atoms with van der Waals surface area (Å²) in [6.07, 6.45) is 1.30. The highest BCUT2D eigenvalue weighted by Gasteiger charge is 2.58.